The summed E-state index contributed by atoms with van der Waals surface area (Å²) in [5.41, 5.74) is 0.379. The number of benzene rings is 1. The van der Waals surface area contributed by atoms with Crippen LogP contribution < -0.4 is 9.47 Å². The molecule has 1 aromatic rings. The average molecular weight is 496 g/mol. The van der Waals surface area contributed by atoms with Crippen LogP contribution in [0.3, 0.4) is 0 Å². The van der Waals surface area contributed by atoms with E-state index in [1.807, 2.05) is 6.07 Å². The SMILES string of the molecule is CCCCCCCCCC(=O)Oc1ccc2c3c1O[C@H]1C(=O)CC[C@@]4(O)[C@@H](C2)N(CC2CC2)CC[C@]314. The fraction of sp³-hybridized carbons (Fsp3) is 0.733. The van der Waals surface area contributed by atoms with Crippen molar-refractivity contribution in [3.05, 3.63) is 23.3 Å². The Bertz CT molecular complexity index is 1030. The Labute approximate surface area is 214 Å². The molecule has 0 aromatic heterocycles. The minimum Gasteiger partial charge on any atom is -0.477 e. The van der Waals surface area contributed by atoms with Crippen LogP contribution in [0.1, 0.15) is 102 Å². The summed E-state index contributed by atoms with van der Waals surface area (Å²) >= 11 is 0. The number of rotatable bonds is 11. The Balaban J connectivity index is 1.22. The van der Waals surface area contributed by atoms with Crippen molar-refractivity contribution in [2.24, 2.45) is 5.92 Å². The van der Waals surface area contributed by atoms with E-state index in [0.717, 1.165) is 55.8 Å². The van der Waals surface area contributed by atoms with Crippen LogP contribution in [-0.2, 0) is 21.4 Å². The predicted molar refractivity (Wildman–Crippen MR) is 136 cm³/mol. The number of hydrogen-bond acceptors (Lipinski definition) is 6. The van der Waals surface area contributed by atoms with E-state index in [2.05, 4.69) is 17.9 Å². The van der Waals surface area contributed by atoms with Gasteiger partial charge < -0.3 is 14.6 Å². The number of unbranched alkanes of at least 4 members (excludes halogenated alkanes) is 6. The van der Waals surface area contributed by atoms with Gasteiger partial charge in [0.1, 0.15) is 0 Å². The standard InChI is InChI=1S/C30H41NO5/c1-2-3-4-5-6-7-8-9-25(33)35-23-13-12-21-18-24-30(34)15-14-22(32)28-29(30,26(21)27(23)36-28)16-17-31(24)19-20-10-11-20/h12-13,20,24,28,34H,2-11,14-19H2,1H3/t24-,28+,29+,30-/m1/s1. The van der Waals surface area contributed by atoms with Crippen LogP contribution in [0.15, 0.2) is 12.1 Å². The predicted octanol–water partition coefficient (Wildman–Crippen LogP) is 4.87. The van der Waals surface area contributed by atoms with E-state index in [1.54, 1.807) is 0 Å². The van der Waals surface area contributed by atoms with Gasteiger partial charge in [0, 0.05) is 31.0 Å². The van der Waals surface area contributed by atoms with E-state index in [1.165, 1.54) is 38.5 Å². The molecule has 3 aliphatic carbocycles. The largest absolute Gasteiger partial charge is 0.477 e. The number of ether oxygens (including phenoxy) is 2. The highest BCUT2D eigenvalue weighted by Gasteiger charge is 2.73. The Morgan fingerprint density at radius 2 is 1.92 bits per heavy atom. The Morgan fingerprint density at radius 3 is 2.69 bits per heavy atom. The molecule has 0 radical (unpaired) electrons. The summed E-state index contributed by atoms with van der Waals surface area (Å²) < 4.78 is 12.2. The first-order valence-corrected chi connectivity index (χ1v) is 14.5. The molecule has 2 saturated carbocycles. The van der Waals surface area contributed by atoms with Crippen molar-refractivity contribution in [1.82, 2.24) is 4.90 Å². The molecule has 3 fully saturated rings. The van der Waals surface area contributed by atoms with Crippen LogP contribution in [-0.4, -0.2) is 52.6 Å². The molecule has 6 heteroatoms. The molecular weight excluding hydrogens is 454 g/mol. The molecule has 6 nitrogen and oxygen atoms in total. The van der Waals surface area contributed by atoms with E-state index in [0.29, 0.717) is 37.2 Å². The molecule has 2 bridgehead atoms. The molecule has 1 spiro atoms. The maximum absolute atomic E-state index is 13.2. The summed E-state index contributed by atoms with van der Waals surface area (Å²) in [6, 6.07) is 3.91. The molecule has 6 rings (SSSR count). The molecule has 4 atom stereocenters. The molecule has 1 saturated heterocycles. The zero-order valence-electron chi connectivity index (χ0n) is 21.7. The zero-order valence-corrected chi connectivity index (χ0v) is 21.7. The molecule has 1 N–H and O–H groups in total. The van der Waals surface area contributed by atoms with Gasteiger partial charge >= 0.3 is 5.97 Å². The van der Waals surface area contributed by atoms with Crippen molar-refractivity contribution < 1.29 is 24.2 Å². The summed E-state index contributed by atoms with van der Waals surface area (Å²) in [6.07, 6.45) is 12.6. The third kappa shape index (κ3) is 3.82. The fourth-order valence-corrected chi connectivity index (χ4v) is 7.73. The van der Waals surface area contributed by atoms with Gasteiger partial charge in [-0.1, -0.05) is 51.5 Å². The molecule has 2 aliphatic heterocycles. The highest BCUT2D eigenvalue weighted by molar-refractivity contribution is 5.90. The number of ketones is 1. The van der Waals surface area contributed by atoms with Gasteiger partial charge in [0.25, 0.3) is 0 Å². The first kappa shape index (κ1) is 24.4. The van der Waals surface area contributed by atoms with Gasteiger partial charge in [-0.05, 0) is 62.6 Å². The summed E-state index contributed by atoms with van der Waals surface area (Å²) in [4.78, 5) is 28.4. The number of carbonyl (C=O) groups is 2. The van der Waals surface area contributed by atoms with Crippen molar-refractivity contribution >= 4 is 11.8 Å². The first-order valence-electron chi connectivity index (χ1n) is 14.5. The molecule has 0 unspecified atom stereocenters. The number of aliphatic hydroxyl groups is 1. The van der Waals surface area contributed by atoms with E-state index in [-0.39, 0.29) is 17.8 Å². The van der Waals surface area contributed by atoms with Crippen LogP contribution in [0.25, 0.3) is 0 Å². The second-order valence-electron chi connectivity index (χ2n) is 12.0. The zero-order chi connectivity index (χ0) is 24.9. The molecule has 1 aromatic carbocycles. The second kappa shape index (κ2) is 9.43. The second-order valence-corrected chi connectivity index (χ2v) is 12.0. The smallest absolute Gasteiger partial charge is 0.311 e. The van der Waals surface area contributed by atoms with Gasteiger partial charge in [0.05, 0.1) is 11.0 Å². The van der Waals surface area contributed by atoms with Crippen LogP contribution in [0.2, 0.25) is 0 Å². The van der Waals surface area contributed by atoms with Crippen molar-refractivity contribution in [3.8, 4) is 11.5 Å². The Kier molecular flexibility index (Phi) is 6.40. The third-order valence-electron chi connectivity index (χ3n) is 9.75. The van der Waals surface area contributed by atoms with Crippen molar-refractivity contribution in [2.45, 2.75) is 120 Å². The highest BCUT2D eigenvalue weighted by Crippen LogP contribution is 2.65. The van der Waals surface area contributed by atoms with Crippen molar-refractivity contribution in [3.63, 3.8) is 0 Å². The highest BCUT2D eigenvalue weighted by atomic mass is 16.6. The number of Topliss-reactive ketones (excluding diaryl/α,β-unsaturated/α-hetero) is 1. The Morgan fingerprint density at radius 1 is 1.14 bits per heavy atom. The fourth-order valence-electron chi connectivity index (χ4n) is 7.73. The van der Waals surface area contributed by atoms with Gasteiger partial charge in [-0.2, -0.15) is 0 Å². The maximum Gasteiger partial charge on any atom is 0.311 e. The lowest BCUT2D eigenvalue weighted by molar-refractivity contribution is -0.188. The van der Waals surface area contributed by atoms with Gasteiger partial charge in [-0.15, -0.1) is 0 Å². The summed E-state index contributed by atoms with van der Waals surface area (Å²) in [5, 5.41) is 12.3. The number of esters is 1. The lowest BCUT2D eigenvalue weighted by Gasteiger charge is -2.62. The van der Waals surface area contributed by atoms with Gasteiger partial charge in [0.15, 0.2) is 23.4 Å². The number of piperidine rings is 1. The number of carbonyl (C=O) groups excluding carboxylic acids is 2. The molecular formula is C30H41NO5. The summed E-state index contributed by atoms with van der Waals surface area (Å²) in [7, 11) is 0. The molecule has 5 aliphatic rings. The minimum absolute atomic E-state index is 0.00947. The van der Waals surface area contributed by atoms with Crippen molar-refractivity contribution in [1.29, 1.82) is 0 Å². The van der Waals surface area contributed by atoms with Gasteiger partial charge in [-0.25, -0.2) is 0 Å². The number of hydrogen-bond donors (Lipinski definition) is 1. The Hall–Kier alpha value is -1.92. The molecule has 36 heavy (non-hydrogen) atoms. The van der Waals surface area contributed by atoms with E-state index in [9.17, 15) is 14.7 Å². The number of nitrogens with zero attached hydrogens (tertiary/aromatic N) is 1. The van der Waals surface area contributed by atoms with Gasteiger partial charge in [-0.3, -0.25) is 14.5 Å². The normalized spacial score (nSPS) is 32.2. The lowest BCUT2D eigenvalue weighted by atomic mass is 9.49. The molecule has 0 amide bonds. The quantitative estimate of drug-likeness (QED) is 0.268. The van der Waals surface area contributed by atoms with Crippen LogP contribution in [0.5, 0.6) is 11.5 Å². The summed E-state index contributed by atoms with van der Waals surface area (Å²) in [5.74, 6) is 1.52. The monoisotopic (exact) mass is 495 g/mol. The van der Waals surface area contributed by atoms with Crippen LogP contribution in [0, 0.1) is 5.92 Å². The minimum atomic E-state index is -0.989. The molecule has 196 valence electrons. The molecule has 2 heterocycles. The third-order valence-corrected chi connectivity index (χ3v) is 9.75. The average Bonchev–Trinajstić information content (AvgIpc) is 3.60. The van der Waals surface area contributed by atoms with Gasteiger partial charge in [0.2, 0.25) is 0 Å². The van der Waals surface area contributed by atoms with E-state index in [4.69, 9.17) is 9.47 Å². The summed E-state index contributed by atoms with van der Waals surface area (Å²) in [6.45, 7) is 4.13. The van der Waals surface area contributed by atoms with E-state index < -0.39 is 17.1 Å². The van der Waals surface area contributed by atoms with Crippen LogP contribution >= 0.6 is 0 Å². The van der Waals surface area contributed by atoms with E-state index >= 15 is 0 Å². The number of likely N-dealkylation sites (tertiary alicyclic amines) is 1. The topological polar surface area (TPSA) is 76.1 Å². The van der Waals surface area contributed by atoms with Crippen LogP contribution in [0.4, 0.5) is 0 Å². The first-order chi connectivity index (χ1) is 17.5. The van der Waals surface area contributed by atoms with Crippen molar-refractivity contribution in [2.75, 3.05) is 13.1 Å². The lowest BCUT2D eigenvalue weighted by Crippen LogP contribution is -2.76. The maximum atomic E-state index is 13.2.